The van der Waals surface area contributed by atoms with Crippen molar-refractivity contribution in [3.05, 3.63) is 0 Å². The highest BCUT2D eigenvalue weighted by Crippen LogP contribution is 2.14. The topological polar surface area (TPSA) is 41.6 Å². The minimum Gasteiger partial charge on any atom is -0.375 e. The van der Waals surface area contributed by atoms with Crippen molar-refractivity contribution in [1.82, 2.24) is 10.2 Å². The maximum atomic E-state index is 11.9. The first kappa shape index (κ1) is 10.9. The van der Waals surface area contributed by atoms with Gasteiger partial charge >= 0.3 is 0 Å². The van der Waals surface area contributed by atoms with Crippen LogP contribution >= 0.6 is 0 Å². The van der Waals surface area contributed by atoms with Gasteiger partial charge in [0.2, 0.25) is 5.91 Å². The molecule has 0 spiro atoms. The average Bonchev–Trinajstić information content (AvgIpc) is 2.23. The number of hydrogen-bond donors (Lipinski definition) is 1. The monoisotopic (exact) mass is 212 g/mol. The lowest BCUT2D eigenvalue weighted by molar-refractivity contribution is -0.140. The zero-order chi connectivity index (χ0) is 10.7. The predicted octanol–water partition coefficient (Wildman–Crippen LogP) is 0.233. The van der Waals surface area contributed by atoms with Gasteiger partial charge in [0.15, 0.2) is 0 Å². The number of hydrogen-bond acceptors (Lipinski definition) is 3. The van der Waals surface area contributed by atoms with Crippen molar-refractivity contribution < 1.29 is 9.53 Å². The van der Waals surface area contributed by atoms with Crippen LogP contribution in [-0.2, 0) is 9.53 Å². The van der Waals surface area contributed by atoms with E-state index in [1.807, 2.05) is 4.90 Å². The summed E-state index contributed by atoms with van der Waals surface area (Å²) >= 11 is 0. The summed E-state index contributed by atoms with van der Waals surface area (Å²) in [6.45, 7) is 6.38. The Morgan fingerprint density at radius 1 is 1.53 bits per heavy atom. The van der Waals surface area contributed by atoms with Gasteiger partial charge in [-0.2, -0.15) is 0 Å². The smallest absolute Gasteiger partial charge is 0.223 e. The summed E-state index contributed by atoms with van der Waals surface area (Å²) in [7, 11) is 0. The number of nitrogens with zero attached hydrogens (tertiary/aromatic N) is 1. The van der Waals surface area contributed by atoms with Crippen LogP contribution in [0, 0.1) is 5.92 Å². The van der Waals surface area contributed by atoms with E-state index in [0.29, 0.717) is 24.9 Å². The molecule has 15 heavy (non-hydrogen) atoms. The Morgan fingerprint density at radius 3 is 2.93 bits per heavy atom. The van der Waals surface area contributed by atoms with Crippen LogP contribution in [0.15, 0.2) is 0 Å². The normalized spacial score (nSPS) is 27.5. The fraction of sp³-hybridized carbons (Fsp3) is 0.909. The van der Waals surface area contributed by atoms with Gasteiger partial charge in [-0.3, -0.25) is 4.79 Å². The second kappa shape index (κ2) is 4.94. The van der Waals surface area contributed by atoms with Crippen molar-refractivity contribution in [3.63, 3.8) is 0 Å². The van der Waals surface area contributed by atoms with Crippen molar-refractivity contribution in [2.24, 2.45) is 5.92 Å². The molecule has 86 valence electrons. The summed E-state index contributed by atoms with van der Waals surface area (Å²) in [6.07, 6.45) is 1.96. The molecule has 2 heterocycles. The van der Waals surface area contributed by atoms with Gasteiger partial charge in [0.05, 0.1) is 12.7 Å². The van der Waals surface area contributed by atoms with Crippen LogP contribution < -0.4 is 5.32 Å². The Labute approximate surface area is 91.0 Å². The first-order valence-electron chi connectivity index (χ1n) is 5.89. The average molecular weight is 212 g/mol. The van der Waals surface area contributed by atoms with E-state index >= 15 is 0 Å². The minimum absolute atomic E-state index is 0.252. The van der Waals surface area contributed by atoms with E-state index in [4.69, 9.17) is 4.74 Å². The number of nitrogens with one attached hydrogen (secondary N) is 1. The summed E-state index contributed by atoms with van der Waals surface area (Å²) in [5.41, 5.74) is 0. The van der Waals surface area contributed by atoms with Gasteiger partial charge in [0.25, 0.3) is 0 Å². The molecule has 4 nitrogen and oxygen atoms in total. The van der Waals surface area contributed by atoms with Crippen LogP contribution in [0.2, 0.25) is 0 Å². The van der Waals surface area contributed by atoms with E-state index in [0.717, 1.165) is 32.6 Å². The molecule has 2 fully saturated rings. The van der Waals surface area contributed by atoms with E-state index in [1.54, 1.807) is 0 Å². The first-order chi connectivity index (χ1) is 7.29. The summed E-state index contributed by atoms with van der Waals surface area (Å²) in [5.74, 6) is 0.878. The number of carbonyl (C=O) groups excluding carboxylic acids is 1. The van der Waals surface area contributed by atoms with Crippen LogP contribution in [0.5, 0.6) is 0 Å². The van der Waals surface area contributed by atoms with Gasteiger partial charge < -0.3 is 15.0 Å². The molecule has 2 rings (SSSR count). The van der Waals surface area contributed by atoms with E-state index in [1.165, 1.54) is 0 Å². The molecule has 1 N–H and O–H groups in total. The van der Waals surface area contributed by atoms with Gasteiger partial charge in [-0.05, 0) is 25.4 Å². The molecule has 0 aromatic carbocycles. The van der Waals surface area contributed by atoms with Crippen molar-refractivity contribution in [1.29, 1.82) is 0 Å². The van der Waals surface area contributed by atoms with Crippen LogP contribution in [0.4, 0.5) is 0 Å². The predicted molar refractivity (Wildman–Crippen MR) is 57.6 cm³/mol. The molecule has 4 heteroatoms. The fourth-order valence-electron chi connectivity index (χ4n) is 2.06. The molecule has 2 saturated heterocycles. The zero-order valence-corrected chi connectivity index (χ0v) is 9.37. The highest BCUT2D eigenvalue weighted by atomic mass is 16.5. The largest absolute Gasteiger partial charge is 0.375 e. The SMILES string of the molecule is CCC1CN(C(=O)CC2CNC2)CCO1. The lowest BCUT2D eigenvalue weighted by atomic mass is 9.98. The van der Waals surface area contributed by atoms with Crippen molar-refractivity contribution >= 4 is 5.91 Å². The number of amides is 1. The van der Waals surface area contributed by atoms with E-state index in [-0.39, 0.29) is 6.10 Å². The Morgan fingerprint density at radius 2 is 2.33 bits per heavy atom. The fourth-order valence-corrected chi connectivity index (χ4v) is 2.06. The molecule has 1 unspecified atom stereocenters. The van der Waals surface area contributed by atoms with E-state index in [9.17, 15) is 4.79 Å². The van der Waals surface area contributed by atoms with Crippen LogP contribution in [0.1, 0.15) is 19.8 Å². The molecule has 0 bridgehead atoms. The molecule has 0 radical (unpaired) electrons. The van der Waals surface area contributed by atoms with Crippen LogP contribution in [0.25, 0.3) is 0 Å². The third-order valence-electron chi connectivity index (χ3n) is 3.28. The summed E-state index contributed by atoms with van der Waals surface area (Å²) in [4.78, 5) is 13.9. The van der Waals surface area contributed by atoms with E-state index in [2.05, 4.69) is 12.2 Å². The van der Waals surface area contributed by atoms with Gasteiger partial charge in [-0.15, -0.1) is 0 Å². The lowest BCUT2D eigenvalue weighted by Crippen LogP contribution is -2.49. The molecule has 0 aromatic heterocycles. The van der Waals surface area contributed by atoms with Crippen molar-refractivity contribution in [2.75, 3.05) is 32.8 Å². The van der Waals surface area contributed by atoms with Gasteiger partial charge in [-0.1, -0.05) is 6.92 Å². The molecule has 0 aromatic rings. The van der Waals surface area contributed by atoms with E-state index < -0.39 is 0 Å². The molecule has 2 aliphatic rings. The zero-order valence-electron chi connectivity index (χ0n) is 9.37. The molecule has 2 aliphatic heterocycles. The summed E-state index contributed by atoms with van der Waals surface area (Å²) in [6, 6.07) is 0. The highest BCUT2D eigenvalue weighted by Gasteiger charge is 2.27. The number of carbonyl (C=O) groups is 1. The maximum Gasteiger partial charge on any atom is 0.223 e. The third kappa shape index (κ3) is 2.69. The van der Waals surface area contributed by atoms with Gasteiger partial charge in [-0.25, -0.2) is 0 Å². The standard InChI is InChI=1S/C11H20N2O2/c1-2-10-8-13(3-4-15-10)11(14)5-9-6-12-7-9/h9-10,12H,2-8H2,1H3. The van der Waals surface area contributed by atoms with Gasteiger partial charge in [0, 0.05) is 19.5 Å². The van der Waals surface area contributed by atoms with Gasteiger partial charge in [0.1, 0.15) is 0 Å². The third-order valence-corrected chi connectivity index (χ3v) is 3.28. The van der Waals surface area contributed by atoms with Crippen molar-refractivity contribution in [2.45, 2.75) is 25.9 Å². The highest BCUT2D eigenvalue weighted by molar-refractivity contribution is 5.76. The summed E-state index contributed by atoms with van der Waals surface area (Å²) < 4.78 is 5.55. The quantitative estimate of drug-likeness (QED) is 0.728. The lowest BCUT2D eigenvalue weighted by Gasteiger charge is -2.35. The molecular weight excluding hydrogens is 192 g/mol. The molecule has 1 atom stereocenters. The Hall–Kier alpha value is -0.610. The molecule has 0 aliphatic carbocycles. The molecule has 1 amide bonds. The van der Waals surface area contributed by atoms with Crippen LogP contribution in [-0.4, -0.2) is 49.7 Å². The Kier molecular flexibility index (Phi) is 3.59. The Balaban J connectivity index is 1.78. The molecule has 0 saturated carbocycles. The second-order valence-corrected chi connectivity index (χ2v) is 4.47. The van der Waals surface area contributed by atoms with Crippen molar-refractivity contribution in [3.8, 4) is 0 Å². The number of rotatable bonds is 3. The Bertz CT molecular complexity index is 229. The molecular formula is C11H20N2O2. The maximum absolute atomic E-state index is 11.9. The number of morpholine rings is 1. The minimum atomic E-state index is 0.252. The van der Waals surface area contributed by atoms with Crippen LogP contribution in [0.3, 0.4) is 0 Å². The second-order valence-electron chi connectivity index (χ2n) is 4.47. The number of ether oxygens (including phenoxy) is 1. The first-order valence-corrected chi connectivity index (χ1v) is 5.89. The summed E-state index contributed by atoms with van der Waals surface area (Å²) in [5, 5.41) is 3.19.